The summed E-state index contributed by atoms with van der Waals surface area (Å²) in [6.07, 6.45) is 0.891. The molecule has 35 heavy (non-hydrogen) atoms. The van der Waals surface area contributed by atoms with Gasteiger partial charge in [0.1, 0.15) is 23.8 Å². The Morgan fingerprint density at radius 1 is 1.34 bits per heavy atom. The smallest absolute Gasteiger partial charge is 0.312 e. The maximum absolute atomic E-state index is 13.7. The van der Waals surface area contributed by atoms with Crippen molar-refractivity contribution in [1.82, 2.24) is 25.2 Å². The van der Waals surface area contributed by atoms with Crippen molar-refractivity contribution in [3.05, 3.63) is 24.3 Å². The van der Waals surface area contributed by atoms with E-state index in [1.54, 1.807) is 11.6 Å². The van der Waals surface area contributed by atoms with Gasteiger partial charge in [-0.25, -0.2) is 4.68 Å². The second-order valence-electron chi connectivity index (χ2n) is 9.15. The number of aliphatic hydroxyl groups excluding tert-OH is 1. The van der Waals surface area contributed by atoms with Gasteiger partial charge in [0.15, 0.2) is 0 Å². The first-order valence-corrected chi connectivity index (χ1v) is 12.8. The molecular weight excluding hydrogens is 522 g/mol. The van der Waals surface area contributed by atoms with Crippen molar-refractivity contribution in [2.24, 2.45) is 11.8 Å². The molecule has 0 saturated carbocycles. The first-order chi connectivity index (χ1) is 16.9. The van der Waals surface area contributed by atoms with Gasteiger partial charge in [0.2, 0.25) is 11.8 Å². The summed E-state index contributed by atoms with van der Waals surface area (Å²) in [5, 5.41) is 20.4. The SMILES string of the molecule is CCOC(=O)[C@@H]1[C@H]2O[C@@]3(CC2Br)[C@H](C(=O)NCn2nnc4ccccc42)N(CCCCO)C(=O)[C@@H]13. The zero-order valence-electron chi connectivity index (χ0n) is 19.3. The Bertz CT molecular complexity index is 1140. The Balaban J connectivity index is 1.44. The van der Waals surface area contributed by atoms with Crippen molar-refractivity contribution >= 4 is 44.7 Å². The topological polar surface area (TPSA) is 136 Å². The number of hydrogen-bond acceptors (Lipinski definition) is 8. The van der Waals surface area contributed by atoms with Crippen LogP contribution in [0.3, 0.4) is 0 Å². The molecule has 0 radical (unpaired) electrons. The van der Waals surface area contributed by atoms with Gasteiger partial charge in [-0.1, -0.05) is 33.3 Å². The van der Waals surface area contributed by atoms with E-state index in [0.29, 0.717) is 24.8 Å². The van der Waals surface area contributed by atoms with Crippen molar-refractivity contribution in [2.45, 2.75) is 55.4 Å². The van der Waals surface area contributed by atoms with E-state index < -0.39 is 35.6 Å². The number of carbonyl (C=O) groups is 3. The normalized spacial score (nSPS) is 31.2. The highest BCUT2D eigenvalue weighted by Crippen LogP contribution is 2.60. The molecule has 2 N–H and O–H groups in total. The number of alkyl halides is 1. The van der Waals surface area contributed by atoms with Crippen LogP contribution in [0.15, 0.2) is 24.3 Å². The maximum Gasteiger partial charge on any atom is 0.312 e. The predicted octanol–water partition coefficient (Wildman–Crippen LogP) is 0.589. The quantitative estimate of drug-likeness (QED) is 0.263. The second-order valence-corrected chi connectivity index (χ2v) is 10.3. The highest BCUT2D eigenvalue weighted by atomic mass is 79.9. The third kappa shape index (κ3) is 3.82. The fourth-order valence-corrected chi connectivity index (χ4v) is 6.80. The van der Waals surface area contributed by atoms with Crippen molar-refractivity contribution in [3.8, 4) is 0 Å². The number of benzene rings is 1. The lowest BCUT2D eigenvalue weighted by Gasteiger charge is -2.34. The number of nitrogens with one attached hydrogen (secondary N) is 1. The zero-order chi connectivity index (χ0) is 24.7. The molecule has 1 aromatic carbocycles. The average Bonchev–Trinajstić information content (AvgIpc) is 3.55. The monoisotopic (exact) mass is 549 g/mol. The van der Waals surface area contributed by atoms with Crippen LogP contribution in [0.2, 0.25) is 0 Å². The average molecular weight is 550 g/mol. The first kappa shape index (κ1) is 24.1. The van der Waals surface area contributed by atoms with Crippen molar-refractivity contribution in [3.63, 3.8) is 0 Å². The number of likely N-dealkylation sites (tertiary alicyclic amines) is 1. The van der Waals surface area contributed by atoms with Crippen LogP contribution in [0.5, 0.6) is 0 Å². The minimum atomic E-state index is -1.14. The summed E-state index contributed by atoms with van der Waals surface area (Å²) in [5.74, 6) is -2.72. The Kier molecular flexibility index (Phi) is 6.53. The van der Waals surface area contributed by atoms with E-state index in [0.717, 1.165) is 5.52 Å². The number of esters is 1. The van der Waals surface area contributed by atoms with Crippen molar-refractivity contribution < 1.29 is 29.0 Å². The number of ether oxygens (including phenoxy) is 2. The molecule has 188 valence electrons. The minimum Gasteiger partial charge on any atom is -0.466 e. The van der Waals surface area contributed by atoms with E-state index in [2.05, 4.69) is 31.6 Å². The Morgan fingerprint density at radius 3 is 2.91 bits per heavy atom. The molecular formula is C23H28BrN5O6. The summed E-state index contributed by atoms with van der Waals surface area (Å²) in [6, 6.07) is 6.50. The number of aromatic nitrogens is 3. The Morgan fingerprint density at radius 2 is 2.14 bits per heavy atom. The number of fused-ring (bicyclic) bond motifs is 2. The van der Waals surface area contributed by atoms with Crippen molar-refractivity contribution in [1.29, 1.82) is 0 Å². The molecule has 5 rings (SSSR count). The number of aliphatic hydroxyl groups is 1. The van der Waals surface area contributed by atoms with Gasteiger partial charge in [0.25, 0.3) is 0 Å². The van der Waals surface area contributed by atoms with E-state index in [-0.39, 0.29) is 43.1 Å². The standard InChI is InChI=1S/C23H28BrN5O6/c1-2-34-22(33)16-17-21(32)28(9-5-6-10-30)19(23(17)11-13(24)18(16)35-23)20(31)25-12-29-15-8-4-3-7-14(15)26-27-29/h3-4,7-8,13,16-19,30H,2,5-6,9-12H2,1H3,(H,25,31)/t13?,16-,17+,18-,19-,23+/m0/s1. The van der Waals surface area contributed by atoms with Crippen LogP contribution in [0.4, 0.5) is 0 Å². The highest BCUT2D eigenvalue weighted by Gasteiger charge is 2.76. The van der Waals surface area contributed by atoms with Gasteiger partial charge in [-0.05, 0) is 38.3 Å². The number of nitrogens with zero attached hydrogens (tertiary/aromatic N) is 4. The number of para-hydroxylation sites is 1. The Hall–Kier alpha value is -2.57. The molecule has 0 aliphatic carbocycles. The summed E-state index contributed by atoms with van der Waals surface area (Å²) < 4.78 is 13.2. The maximum atomic E-state index is 13.7. The molecule has 2 bridgehead atoms. The largest absolute Gasteiger partial charge is 0.466 e. The lowest BCUT2D eigenvalue weighted by atomic mass is 9.70. The van der Waals surface area contributed by atoms with Gasteiger partial charge >= 0.3 is 5.97 Å². The third-order valence-corrected chi connectivity index (χ3v) is 8.07. The van der Waals surface area contributed by atoms with Gasteiger partial charge in [0, 0.05) is 18.0 Å². The fraction of sp³-hybridized carbons (Fsp3) is 0.609. The van der Waals surface area contributed by atoms with Gasteiger partial charge in [0.05, 0.1) is 30.1 Å². The van der Waals surface area contributed by atoms with E-state index >= 15 is 0 Å². The molecule has 12 heteroatoms. The van der Waals surface area contributed by atoms with Crippen molar-refractivity contribution in [2.75, 3.05) is 19.8 Å². The highest BCUT2D eigenvalue weighted by molar-refractivity contribution is 9.09. The lowest BCUT2D eigenvalue weighted by Crippen LogP contribution is -2.56. The molecule has 11 nitrogen and oxygen atoms in total. The summed E-state index contributed by atoms with van der Waals surface area (Å²) in [7, 11) is 0. The molecule has 1 aromatic heterocycles. The number of rotatable bonds is 9. The van der Waals surface area contributed by atoms with E-state index in [1.165, 1.54) is 4.90 Å². The summed E-state index contributed by atoms with van der Waals surface area (Å²) in [5.41, 5.74) is 0.340. The van der Waals surface area contributed by atoms with Gasteiger partial charge in [-0.15, -0.1) is 5.10 Å². The number of unbranched alkanes of at least 4 members (excludes halogenated alkanes) is 1. The molecule has 1 unspecified atom stereocenters. The number of carbonyl (C=O) groups excluding carboxylic acids is 3. The fourth-order valence-electron chi connectivity index (χ4n) is 5.86. The van der Waals surface area contributed by atoms with Crippen LogP contribution in [-0.4, -0.2) is 85.1 Å². The van der Waals surface area contributed by atoms with Crippen LogP contribution in [-0.2, 0) is 30.5 Å². The second kappa shape index (κ2) is 9.47. The van der Waals surface area contributed by atoms with Gasteiger partial charge < -0.3 is 24.8 Å². The molecule has 3 aliphatic rings. The van der Waals surface area contributed by atoms with E-state index in [9.17, 15) is 19.5 Å². The van der Waals surface area contributed by atoms with Gasteiger partial charge in [-0.3, -0.25) is 14.4 Å². The molecule has 1 spiro atoms. The summed E-state index contributed by atoms with van der Waals surface area (Å²) in [6.45, 7) is 2.24. The Labute approximate surface area is 210 Å². The zero-order valence-corrected chi connectivity index (χ0v) is 20.9. The lowest BCUT2D eigenvalue weighted by molar-refractivity contribution is -0.154. The molecule has 6 atom stereocenters. The van der Waals surface area contributed by atoms with Crippen LogP contribution in [0, 0.1) is 11.8 Å². The molecule has 3 aliphatic heterocycles. The third-order valence-electron chi connectivity index (χ3n) is 7.23. The van der Waals surface area contributed by atoms with Crippen LogP contribution < -0.4 is 5.32 Å². The number of hydrogen-bond donors (Lipinski definition) is 2. The van der Waals surface area contributed by atoms with Gasteiger partial charge in [-0.2, -0.15) is 0 Å². The summed E-state index contributed by atoms with van der Waals surface area (Å²) in [4.78, 5) is 41.5. The molecule has 3 fully saturated rings. The first-order valence-electron chi connectivity index (χ1n) is 11.9. The van der Waals surface area contributed by atoms with Crippen LogP contribution in [0.25, 0.3) is 11.0 Å². The number of halogens is 1. The molecule has 2 aromatic rings. The van der Waals surface area contributed by atoms with Crippen LogP contribution >= 0.6 is 15.9 Å². The molecule has 2 amide bonds. The molecule has 3 saturated heterocycles. The van der Waals surface area contributed by atoms with Crippen LogP contribution in [0.1, 0.15) is 26.2 Å². The predicted molar refractivity (Wildman–Crippen MR) is 126 cm³/mol. The molecule has 4 heterocycles. The van der Waals surface area contributed by atoms with E-state index in [4.69, 9.17) is 9.47 Å². The minimum absolute atomic E-state index is 0.0136. The number of amides is 2. The summed E-state index contributed by atoms with van der Waals surface area (Å²) >= 11 is 3.61. The van der Waals surface area contributed by atoms with E-state index in [1.807, 2.05) is 24.3 Å².